The molecule has 0 saturated heterocycles. The minimum atomic E-state index is -0.897. The molecule has 5 nitrogen and oxygen atoms in total. The predicted octanol–water partition coefficient (Wildman–Crippen LogP) is 2.21. The number of carbonyl (C=O) groups excluding carboxylic acids is 1. The molecule has 2 atom stereocenters. The number of carboxylic acids is 1. The number of rotatable bonds is 8. The zero-order valence-electron chi connectivity index (χ0n) is 12.1. The second kappa shape index (κ2) is 8.24. The largest absolute Gasteiger partial charge is 0.481 e. The Morgan fingerprint density at radius 2 is 2.05 bits per heavy atom. The molecule has 0 aliphatic carbocycles. The third-order valence-electron chi connectivity index (χ3n) is 3.12. The van der Waals surface area contributed by atoms with Crippen LogP contribution in [-0.2, 0) is 9.59 Å². The van der Waals surface area contributed by atoms with Gasteiger partial charge in [0.2, 0.25) is 0 Å². The third kappa shape index (κ3) is 5.81. The van der Waals surface area contributed by atoms with Crippen LogP contribution >= 0.6 is 0 Å². The molecule has 1 rings (SSSR count). The molecular formula is C15H20FNO4. The highest BCUT2D eigenvalue weighted by Crippen LogP contribution is 2.17. The Balaban J connectivity index is 2.47. The molecule has 116 valence electrons. The van der Waals surface area contributed by atoms with E-state index < -0.39 is 23.8 Å². The van der Waals surface area contributed by atoms with Crippen molar-refractivity contribution in [3.05, 3.63) is 30.1 Å². The fourth-order valence-electron chi connectivity index (χ4n) is 1.78. The van der Waals surface area contributed by atoms with Gasteiger partial charge < -0.3 is 15.2 Å². The first-order valence-electron chi connectivity index (χ1n) is 6.84. The Kier molecular flexibility index (Phi) is 6.65. The quantitative estimate of drug-likeness (QED) is 0.771. The van der Waals surface area contributed by atoms with Crippen LogP contribution in [0.2, 0.25) is 0 Å². The molecule has 1 aromatic carbocycles. The predicted molar refractivity (Wildman–Crippen MR) is 75.5 cm³/mol. The van der Waals surface area contributed by atoms with E-state index in [0.29, 0.717) is 6.42 Å². The number of halogens is 1. The summed E-state index contributed by atoms with van der Waals surface area (Å²) >= 11 is 0. The average Bonchev–Trinajstić information content (AvgIpc) is 2.45. The van der Waals surface area contributed by atoms with Gasteiger partial charge in [-0.15, -0.1) is 0 Å². The van der Waals surface area contributed by atoms with Gasteiger partial charge in [0.15, 0.2) is 17.7 Å². The summed E-state index contributed by atoms with van der Waals surface area (Å²) in [6, 6.07) is 5.84. The van der Waals surface area contributed by atoms with E-state index in [2.05, 4.69) is 5.32 Å². The van der Waals surface area contributed by atoms with Gasteiger partial charge in [0, 0.05) is 13.0 Å². The summed E-state index contributed by atoms with van der Waals surface area (Å²) in [4.78, 5) is 22.5. The van der Waals surface area contributed by atoms with Gasteiger partial charge in [-0.3, -0.25) is 9.59 Å². The van der Waals surface area contributed by atoms with Gasteiger partial charge in [0.1, 0.15) is 0 Å². The Hall–Kier alpha value is -2.11. The van der Waals surface area contributed by atoms with E-state index >= 15 is 0 Å². The normalized spacial score (nSPS) is 13.3. The zero-order valence-corrected chi connectivity index (χ0v) is 12.1. The van der Waals surface area contributed by atoms with Gasteiger partial charge in [0.05, 0.1) is 0 Å². The summed E-state index contributed by atoms with van der Waals surface area (Å²) < 4.78 is 18.7. The molecule has 6 heteroatoms. The molecule has 0 fully saturated rings. The van der Waals surface area contributed by atoms with Crippen LogP contribution in [0.5, 0.6) is 5.75 Å². The van der Waals surface area contributed by atoms with Crippen LogP contribution in [0.4, 0.5) is 4.39 Å². The van der Waals surface area contributed by atoms with Gasteiger partial charge in [0.25, 0.3) is 5.91 Å². The standard InChI is InChI=1S/C15H20FNO4/c1-3-11(8-14(18)19)9-17-15(20)10(2)21-13-7-5-4-6-12(13)16/h4-7,10-11H,3,8-9H2,1-2H3,(H,17,20)(H,18,19). The van der Waals surface area contributed by atoms with Gasteiger partial charge in [-0.1, -0.05) is 25.5 Å². The summed E-state index contributed by atoms with van der Waals surface area (Å²) in [5.74, 6) is -1.95. The summed E-state index contributed by atoms with van der Waals surface area (Å²) in [7, 11) is 0. The molecule has 0 radical (unpaired) electrons. The van der Waals surface area contributed by atoms with Crippen LogP contribution in [0.1, 0.15) is 26.7 Å². The maximum Gasteiger partial charge on any atom is 0.303 e. The summed E-state index contributed by atoms with van der Waals surface area (Å²) in [5.41, 5.74) is 0. The fourth-order valence-corrected chi connectivity index (χ4v) is 1.78. The van der Waals surface area contributed by atoms with Crippen molar-refractivity contribution in [2.75, 3.05) is 6.54 Å². The first-order valence-corrected chi connectivity index (χ1v) is 6.84. The van der Waals surface area contributed by atoms with Crippen molar-refractivity contribution in [2.45, 2.75) is 32.8 Å². The van der Waals surface area contributed by atoms with Crippen LogP contribution < -0.4 is 10.1 Å². The van der Waals surface area contributed by atoms with Gasteiger partial charge in [-0.05, 0) is 25.0 Å². The van der Waals surface area contributed by atoms with E-state index in [0.717, 1.165) is 0 Å². The molecule has 2 unspecified atom stereocenters. The number of hydrogen-bond acceptors (Lipinski definition) is 3. The minimum absolute atomic E-state index is 0.000663. The highest BCUT2D eigenvalue weighted by molar-refractivity contribution is 5.80. The number of aliphatic carboxylic acids is 1. The molecule has 0 aromatic heterocycles. The van der Waals surface area contributed by atoms with Crippen LogP contribution in [0.15, 0.2) is 24.3 Å². The summed E-state index contributed by atoms with van der Waals surface area (Å²) in [6.07, 6.45) is -0.210. The first kappa shape index (κ1) is 16.9. The van der Waals surface area contributed by atoms with Crippen LogP contribution in [0, 0.1) is 11.7 Å². The molecule has 0 spiro atoms. The molecule has 0 aliphatic heterocycles. The Morgan fingerprint density at radius 3 is 2.62 bits per heavy atom. The second-order valence-electron chi connectivity index (χ2n) is 4.81. The molecule has 0 heterocycles. The van der Waals surface area contributed by atoms with Crippen LogP contribution in [0.3, 0.4) is 0 Å². The van der Waals surface area contributed by atoms with Gasteiger partial charge in [-0.25, -0.2) is 4.39 Å². The first-order chi connectivity index (χ1) is 9.93. The lowest BCUT2D eigenvalue weighted by Crippen LogP contribution is -2.39. The lowest BCUT2D eigenvalue weighted by Gasteiger charge is -2.17. The SMILES string of the molecule is CCC(CNC(=O)C(C)Oc1ccccc1F)CC(=O)O. The van der Waals surface area contributed by atoms with E-state index in [1.165, 1.54) is 25.1 Å². The maximum atomic E-state index is 13.4. The van der Waals surface area contributed by atoms with Crippen molar-refractivity contribution in [1.29, 1.82) is 0 Å². The van der Waals surface area contributed by atoms with E-state index in [-0.39, 0.29) is 24.6 Å². The minimum Gasteiger partial charge on any atom is -0.481 e. The second-order valence-corrected chi connectivity index (χ2v) is 4.81. The number of carboxylic acid groups (broad SMARTS) is 1. The zero-order chi connectivity index (χ0) is 15.8. The van der Waals surface area contributed by atoms with E-state index in [9.17, 15) is 14.0 Å². The van der Waals surface area contributed by atoms with Gasteiger partial charge in [-0.2, -0.15) is 0 Å². The highest BCUT2D eigenvalue weighted by Gasteiger charge is 2.18. The van der Waals surface area contributed by atoms with E-state index in [1.54, 1.807) is 6.07 Å². The number of benzene rings is 1. The smallest absolute Gasteiger partial charge is 0.303 e. The maximum absolute atomic E-state index is 13.4. The van der Waals surface area contributed by atoms with Crippen molar-refractivity contribution in [2.24, 2.45) is 5.92 Å². The van der Waals surface area contributed by atoms with Crippen molar-refractivity contribution >= 4 is 11.9 Å². The molecule has 0 aliphatic rings. The number of carbonyl (C=O) groups is 2. The third-order valence-corrected chi connectivity index (χ3v) is 3.12. The monoisotopic (exact) mass is 297 g/mol. The molecule has 2 N–H and O–H groups in total. The van der Waals surface area contributed by atoms with E-state index in [1.807, 2.05) is 6.92 Å². The van der Waals surface area contributed by atoms with Crippen LogP contribution in [-0.4, -0.2) is 29.6 Å². The van der Waals surface area contributed by atoms with Gasteiger partial charge >= 0.3 is 5.97 Å². The van der Waals surface area contributed by atoms with Crippen molar-refractivity contribution in [1.82, 2.24) is 5.32 Å². The highest BCUT2D eigenvalue weighted by atomic mass is 19.1. The number of ether oxygens (including phenoxy) is 1. The number of hydrogen-bond donors (Lipinski definition) is 2. The molecular weight excluding hydrogens is 277 g/mol. The van der Waals surface area contributed by atoms with Crippen molar-refractivity contribution in [3.63, 3.8) is 0 Å². The molecule has 1 aromatic rings. The Morgan fingerprint density at radius 1 is 1.38 bits per heavy atom. The summed E-state index contributed by atoms with van der Waals surface area (Å²) in [5, 5.41) is 11.4. The lowest BCUT2D eigenvalue weighted by molar-refractivity contribution is -0.138. The Labute approximate surface area is 123 Å². The van der Waals surface area contributed by atoms with E-state index in [4.69, 9.17) is 9.84 Å². The molecule has 1 amide bonds. The average molecular weight is 297 g/mol. The molecule has 0 saturated carbocycles. The number of nitrogens with one attached hydrogen (secondary N) is 1. The molecule has 21 heavy (non-hydrogen) atoms. The number of amides is 1. The Bertz CT molecular complexity index is 492. The summed E-state index contributed by atoms with van der Waals surface area (Å²) in [6.45, 7) is 3.63. The number of para-hydroxylation sites is 1. The van der Waals surface area contributed by atoms with Crippen LogP contribution in [0.25, 0.3) is 0 Å². The van der Waals surface area contributed by atoms with Crippen molar-refractivity contribution in [3.8, 4) is 5.75 Å². The topological polar surface area (TPSA) is 75.6 Å². The molecule has 0 bridgehead atoms. The lowest BCUT2D eigenvalue weighted by atomic mass is 10.0. The van der Waals surface area contributed by atoms with Crippen molar-refractivity contribution < 1.29 is 23.8 Å². The fraction of sp³-hybridized carbons (Fsp3) is 0.467.